The molecule has 0 aliphatic heterocycles. The molecule has 2 aromatic rings. The van der Waals surface area contributed by atoms with Crippen molar-refractivity contribution in [3.8, 4) is 0 Å². The molecule has 0 aliphatic carbocycles. The Labute approximate surface area is 150 Å². The number of nitrogens with one attached hydrogen (secondary N) is 1. The van der Waals surface area contributed by atoms with Crippen LogP contribution in [0.15, 0.2) is 60.7 Å². The standard InChI is InChI=1S/C19H18N2O5/c1-14(16-5-3-2-4-6-16)20-18(22)13-26-19(23)12-9-15-7-10-17(11-8-15)21(24)25/h2-12,14H,13H2,1H3,(H,20,22)/b12-9+/t14-/m0/s1. The number of ether oxygens (including phenoxy) is 1. The van der Waals surface area contributed by atoms with Gasteiger partial charge in [-0.15, -0.1) is 0 Å². The number of nitro benzene ring substituents is 1. The van der Waals surface area contributed by atoms with Gasteiger partial charge in [0.2, 0.25) is 0 Å². The van der Waals surface area contributed by atoms with Crippen LogP contribution in [0, 0.1) is 10.1 Å². The van der Waals surface area contributed by atoms with E-state index in [-0.39, 0.29) is 18.3 Å². The third-order valence-electron chi connectivity index (χ3n) is 3.54. The number of nitro groups is 1. The molecule has 134 valence electrons. The second kappa shape index (κ2) is 9.12. The molecule has 7 heteroatoms. The van der Waals surface area contributed by atoms with Crippen LogP contribution >= 0.6 is 0 Å². The highest BCUT2D eigenvalue weighted by Crippen LogP contribution is 2.13. The summed E-state index contributed by atoms with van der Waals surface area (Å²) in [5, 5.41) is 13.3. The number of amides is 1. The quantitative estimate of drug-likeness (QED) is 0.357. The third-order valence-corrected chi connectivity index (χ3v) is 3.54. The first-order valence-electron chi connectivity index (χ1n) is 7.89. The lowest BCUT2D eigenvalue weighted by molar-refractivity contribution is -0.384. The lowest BCUT2D eigenvalue weighted by Gasteiger charge is -2.13. The van der Waals surface area contributed by atoms with E-state index in [2.05, 4.69) is 5.32 Å². The van der Waals surface area contributed by atoms with E-state index in [0.717, 1.165) is 11.6 Å². The molecule has 0 bridgehead atoms. The Hall–Kier alpha value is -3.48. The summed E-state index contributed by atoms with van der Waals surface area (Å²) in [6.45, 7) is 1.45. The molecule has 0 heterocycles. The van der Waals surface area contributed by atoms with Gasteiger partial charge >= 0.3 is 5.97 Å². The summed E-state index contributed by atoms with van der Waals surface area (Å²) in [4.78, 5) is 33.6. The second-order valence-electron chi connectivity index (χ2n) is 5.49. The number of carbonyl (C=O) groups excluding carboxylic acids is 2. The first-order valence-corrected chi connectivity index (χ1v) is 7.89. The van der Waals surface area contributed by atoms with Crippen LogP contribution in [-0.4, -0.2) is 23.4 Å². The Bertz CT molecular complexity index is 800. The Morgan fingerprint density at radius 1 is 1.15 bits per heavy atom. The summed E-state index contributed by atoms with van der Waals surface area (Å²) >= 11 is 0. The molecule has 0 unspecified atom stereocenters. The van der Waals surface area contributed by atoms with E-state index in [4.69, 9.17) is 4.74 Å². The van der Waals surface area contributed by atoms with Gasteiger partial charge in [-0.25, -0.2) is 4.79 Å². The van der Waals surface area contributed by atoms with E-state index in [1.807, 2.05) is 37.3 Å². The van der Waals surface area contributed by atoms with Crippen molar-refractivity contribution >= 4 is 23.6 Å². The van der Waals surface area contributed by atoms with Crippen LogP contribution in [0.3, 0.4) is 0 Å². The van der Waals surface area contributed by atoms with Gasteiger partial charge in [-0.3, -0.25) is 14.9 Å². The highest BCUT2D eigenvalue weighted by molar-refractivity contribution is 5.89. The number of benzene rings is 2. The lowest BCUT2D eigenvalue weighted by Crippen LogP contribution is -2.30. The molecular weight excluding hydrogens is 336 g/mol. The summed E-state index contributed by atoms with van der Waals surface area (Å²) in [5.74, 6) is -1.08. The molecule has 1 amide bonds. The van der Waals surface area contributed by atoms with Gasteiger partial charge in [0.1, 0.15) is 0 Å². The summed E-state index contributed by atoms with van der Waals surface area (Å²) < 4.78 is 4.88. The Morgan fingerprint density at radius 2 is 1.81 bits per heavy atom. The molecule has 1 atom stereocenters. The molecule has 26 heavy (non-hydrogen) atoms. The van der Waals surface area contributed by atoms with Crippen LogP contribution in [0.25, 0.3) is 6.08 Å². The minimum absolute atomic E-state index is 0.0334. The highest BCUT2D eigenvalue weighted by atomic mass is 16.6. The molecule has 0 aliphatic rings. The van der Waals surface area contributed by atoms with E-state index in [9.17, 15) is 19.7 Å². The van der Waals surface area contributed by atoms with Crippen LogP contribution in [0.4, 0.5) is 5.69 Å². The van der Waals surface area contributed by atoms with Crippen molar-refractivity contribution in [2.75, 3.05) is 6.61 Å². The summed E-state index contributed by atoms with van der Waals surface area (Å²) in [6, 6.07) is 14.9. The number of nitrogens with zero attached hydrogens (tertiary/aromatic N) is 1. The van der Waals surface area contributed by atoms with Crippen LogP contribution in [0.5, 0.6) is 0 Å². The molecule has 2 rings (SSSR count). The van der Waals surface area contributed by atoms with Gasteiger partial charge in [-0.2, -0.15) is 0 Å². The summed E-state index contributed by atoms with van der Waals surface area (Å²) in [5.41, 5.74) is 1.52. The van der Waals surface area contributed by atoms with E-state index in [1.54, 1.807) is 0 Å². The van der Waals surface area contributed by atoms with Crippen molar-refractivity contribution in [3.63, 3.8) is 0 Å². The van der Waals surface area contributed by atoms with Gasteiger partial charge in [0.25, 0.3) is 11.6 Å². The molecule has 1 N–H and O–H groups in total. The van der Waals surface area contributed by atoms with Gasteiger partial charge in [0.15, 0.2) is 6.61 Å². The fraction of sp³-hybridized carbons (Fsp3) is 0.158. The van der Waals surface area contributed by atoms with Crippen molar-refractivity contribution in [1.82, 2.24) is 5.32 Å². The van der Waals surface area contributed by atoms with Crippen molar-refractivity contribution in [2.24, 2.45) is 0 Å². The minimum atomic E-state index is -0.675. The van der Waals surface area contributed by atoms with Crippen LogP contribution in [0.2, 0.25) is 0 Å². The molecule has 0 saturated heterocycles. The minimum Gasteiger partial charge on any atom is -0.452 e. The van der Waals surface area contributed by atoms with Crippen molar-refractivity contribution in [1.29, 1.82) is 0 Å². The van der Waals surface area contributed by atoms with Gasteiger partial charge < -0.3 is 10.1 Å². The normalized spacial score (nSPS) is 11.7. The molecule has 2 aromatic carbocycles. The largest absolute Gasteiger partial charge is 0.452 e. The van der Waals surface area contributed by atoms with Crippen LogP contribution in [-0.2, 0) is 14.3 Å². The maximum absolute atomic E-state index is 11.8. The number of hydrogen-bond donors (Lipinski definition) is 1. The van der Waals surface area contributed by atoms with Crippen LogP contribution < -0.4 is 5.32 Å². The first kappa shape index (κ1) is 18.9. The number of carbonyl (C=O) groups is 2. The zero-order chi connectivity index (χ0) is 18.9. The summed E-state index contributed by atoms with van der Waals surface area (Å²) in [7, 11) is 0. The summed E-state index contributed by atoms with van der Waals surface area (Å²) in [6.07, 6.45) is 2.62. The van der Waals surface area contributed by atoms with Crippen molar-refractivity contribution < 1.29 is 19.2 Å². The number of non-ortho nitro benzene ring substituents is 1. The van der Waals surface area contributed by atoms with Crippen LogP contribution in [0.1, 0.15) is 24.1 Å². The Kier molecular flexibility index (Phi) is 6.61. The van der Waals surface area contributed by atoms with Crippen molar-refractivity contribution in [3.05, 3.63) is 81.9 Å². The average molecular weight is 354 g/mol. The highest BCUT2D eigenvalue weighted by Gasteiger charge is 2.10. The predicted octanol–water partition coefficient (Wildman–Crippen LogP) is 3.03. The third kappa shape index (κ3) is 5.86. The average Bonchev–Trinajstić information content (AvgIpc) is 2.65. The molecule has 7 nitrogen and oxygen atoms in total. The van der Waals surface area contributed by atoms with E-state index < -0.39 is 16.8 Å². The molecular formula is C19H18N2O5. The smallest absolute Gasteiger partial charge is 0.331 e. The monoisotopic (exact) mass is 354 g/mol. The fourth-order valence-corrected chi connectivity index (χ4v) is 2.16. The van der Waals surface area contributed by atoms with Gasteiger partial charge in [0, 0.05) is 18.2 Å². The van der Waals surface area contributed by atoms with Gasteiger partial charge in [-0.05, 0) is 36.3 Å². The second-order valence-corrected chi connectivity index (χ2v) is 5.49. The zero-order valence-corrected chi connectivity index (χ0v) is 14.1. The number of rotatable bonds is 7. The predicted molar refractivity (Wildman–Crippen MR) is 96.1 cm³/mol. The molecule has 0 radical (unpaired) electrons. The van der Waals surface area contributed by atoms with Gasteiger partial charge in [0.05, 0.1) is 11.0 Å². The maximum atomic E-state index is 11.8. The Balaban J connectivity index is 1.78. The van der Waals surface area contributed by atoms with Crippen molar-refractivity contribution in [2.45, 2.75) is 13.0 Å². The molecule has 0 fully saturated rings. The SMILES string of the molecule is C[C@H](NC(=O)COC(=O)/C=C/c1ccc([N+](=O)[O-])cc1)c1ccccc1. The zero-order valence-electron chi connectivity index (χ0n) is 14.1. The maximum Gasteiger partial charge on any atom is 0.331 e. The number of esters is 1. The lowest BCUT2D eigenvalue weighted by atomic mass is 10.1. The van der Waals surface area contributed by atoms with E-state index >= 15 is 0 Å². The van der Waals surface area contributed by atoms with Gasteiger partial charge in [-0.1, -0.05) is 30.3 Å². The van der Waals surface area contributed by atoms with E-state index in [0.29, 0.717) is 5.56 Å². The van der Waals surface area contributed by atoms with E-state index in [1.165, 1.54) is 30.3 Å². The first-order chi connectivity index (χ1) is 12.5. The molecule has 0 aromatic heterocycles. The fourth-order valence-electron chi connectivity index (χ4n) is 2.16. The Morgan fingerprint density at radius 3 is 2.42 bits per heavy atom. The topological polar surface area (TPSA) is 98.5 Å². The molecule has 0 saturated carbocycles. The number of hydrogen-bond acceptors (Lipinski definition) is 5. The molecule has 0 spiro atoms.